The molecule has 1 aromatic rings. The van der Waals surface area contributed by atoms with Crippen LogP contribution in [-0.2, 0) is 9.53 Å². The zero-order chi connectivity index (χ0) is 15.4. The molecule has 2 unspecified atom stereocenters. The Morgan fingerprint density at radius 3 is 2.75 bits per heavy atom. The second kappa shape index (κ2) is 10.0. The number of carbonyl (C=O) groups excluding carboxylic acids is 1. The van der Waals surface area contributed by atoms with Crippen LogP contribution in [0.25, 0.3) is 0 Å². The maximum Gasteiger partial charge on any atom is 0.239 e. The van der Waals surface area contributed by atoms with Crippen molar-refractivity contribution in [3.05, 3.63) is 30.1 Å². The van der Waals surface area contributed by atoms with Gasteiger partial charge in [-0.25, -0.2) is 4.39 Å². The number of nitrogens with zero attached hydrogens (tertiary/aromatic N) is 1. The Balaban J connectivity index is 0.00000144. The van der Waals surface area contributed by atoms with Crippen LogP contribution in [0.1, 0.15) is 6.42 Å². The monoisotopic (exact) mass is 379 g/mol. The average molecular weight is 380 g/mol. The van der Waals surface area contributed by atoms with Gasteiger partial charge in [0.25, 0.3) is 0 Å². The van der Waals surface area contributed by atoms with Crippen LogP contribution < -0.4 is 15.5 Å². The lowest BCUT2D eigenvalue weighted by molar-refractivity contribution is -0.126. The van der Waals surface area contributed by atoms with Crippen molar-refractivity contribution in [2.45, 2.75) is 12.5 Å². The van der Waals surface area contributed by atoms with Gasteiger partial charge in [-0.05, 0) is 36.6 Å². The van der Waals surface area contributed by atoms with E-state index in [1.54, 1.807) is 12.1 Å². The fourth-order valence-electron chi connectivity index (χ4n) is 2.99. The predicted octanol–water partition coefficient (Wildman–Crippen LogP) is 1.60. The first kappa shape index (κ1) is 21.0. The summed E-state index contributed by atoms with van der Waals surface area (Å²) in [5.74, 6) is 0.229. The molecule has 0 radical (unpaired) electrons. The Labute approximate surface area is 154 Å². The molecule has 0 aromatic heterocycles. The van der Waals surface area contributed by atoms with Crippen molar-refractivity contribution < 1.29 is 13.9 Å². The van der Waals surface area contributed by atoms with Crippen molar-refractivity contribution in [2.24, 2.45) is 5.92 Å². The van der Waals surface area contributed by atoms with E-state index in [2.05, 4.69) is 15.5 Å². The first-order valence-corrected chi connectivity index (χ1v) is 7.82. The molecule has 2 heterocycles. The summed E-state index contributed by atoms with van der Waals surface area (Å²) in [6, 6.07) is 6.35. The van der Waals surface area contributed by atoms with Crippen LogP contribution in [-0.4, -0.2) is 51.3 Å². The number of benzene rings is 1. The number of anilines is 1. The minimum Gasteiger partial charge on any atom is -0.378 e. The van der Waals surface area contributed by atoms with Crippen LogP contribution in [0.2, 0.25) is 0 Å². The van der Waals surface area contributed by atoms with Crippen LogP contribution in [0.4, 0.5) is 10.1 Å². The van der Waals surface area contributed by atoms with E-state index in [-0.39, 0.29) is 42.6 Å². The summed E-state index contributed by atoms with van der Waals surface area (Å²) in [6.07, 6.45) is 1.03. The van der Waals surface area contributed by atoms with Crippen LogP contribution in [0.5, 0.6) is 0 Å². The summed E-state index contributed by atoms with van der Waals surface area (Å²) in [5, 5.41) is 6.16. The molecule has 0 spiro atoms. The van der Waals surface area contributed by atoms with Gasteiger partial charge < -0.3 is 20.3 Å². The Morgan fingerprint density at radius 1 is 1.33 bits per heavy atom. The highest BCUT2D eigenvalue weighted by Gasteiger charge is 2.25. The fraction of sp³-hybridized carbons (Fsp3) is 0.562. The molecule has 0 aliphatic carbocycles. The van der Waals surface area contributed by atoms with Crippen LogP contribution >= 0.6 is 24.8 Å². The predicted molar refractivity (Wildman–Crippen MR) is 96.8 cm³/mol. The molecule has 1 aromatic carbocycles. The van der Waals surface area contributed by atoms with E-state index in [1.807, 2.05) is 0 Å². The summed E-state index contributed by atoms with van der Waals surface area (Å²) in [5.41, 5.74) is 1.04. The molecule has 2 N–H and O–H groups in total. The number of amides is 1. The van der Waals surface area contributed by atoms with Crippen LogP contribution in [0, 0.1) is 11.7 Å². The second-order valence-electron chi connectivity index (χ2n) is 5.90. The smallest absolute Gasteiger partial charge is 0.239 e. The summed E-state index contributed by atoms with van der Waals surface area (Å²) in [7, 11) is 0. The normalized spacial score (nSPS) is 23.1. The molecule has 2 atom stereocenters. The van der Waals surface area contributed by atoms with Gasteiger partial charge in [-0.3, -0.25) is 4.79 Å². The highest BCUT2D eigenvalue weighted by atomic mass is 35.5. The minimum absolute atomic E-state index is 0. The highest BCUT2D eigenvalue weighted by Crippen LogP contribution is 2.23. The number of morpholine rings is 1. The van der Waals surface area contributed by atoms with E-state index < -0.39 is 0 Å². The average Bonchev–Trinajstić information content (AvgIpc) is 3.03. The third kappa shape index (κ3) is 5.48. The van der Waals surface area contributed by atoms with Crippen molar-refractivity contribution in [3.63, 3.8) is 0 Å². The topological polar surface area (TPSA) is 53.6 Å². The first-order valence-electron chi connectivity index (χ1n) is 7.82. The Morgan fingerprint density at radius 2 is 2.08 bits per heavy atom. The number of hydrogen-bond donors (Lipinski definition) is 2. The molecule has 2 aliphatic rings. The molecule has 0 bridgehead atoms. The van der Waals surface area contributed by atoms with Crippen molar-refractivity contribution >= 4 is 36.4 Å². The number of ether oxygens (including phenoxy) is 1. The quantitative estimate of drug-likeness (QED) is 0.834. The van der Waals surface area contributed by atoms with Crippen molar-refractivity contribution in [1.82, 2.24) is 10.6 Å². The third-order valence-corrected chi connectivity index (χ3v) is 4.28. The molecule has 5 nitrogen and oxygen atoms in total. The minimum atomic E-state index is -0.233. The molecule has 0 saturated carbocycles. The van der Waals surface area contributed by atoms with Gasteiger partial charge in [0.1, 0.15) is 11.9 Å². The molecule has 136 valence electrons. The van der Waals surface area contributed by atoms with E-state index in [0.29, 0.717) is 25.7 Å². The van der Waals surface area contributed by atoms with E-state index in [9.17, 15) is 9.18 Å². The lowest BCUT2D eigenvalue weighted by Gasteiger charge is -2.24. The molecule has 2 aliphatic heterocycles. The second-order valence-corrected chi connectivity index (χ2v) is 5.90. The zero-order valence-corrected chi connectivity index (χ0v) is 15.0. The Bertz CT molecular complexity index is 513. The Kier molecular flexibility index (Phi) is 8.76. The third-order valence-electron chi connectivity index (χ3n) is 4.28. The van der Waals surface area contributed by atoms with Gasteiger partial charge in [0.2, 0.25) is 5.91 Å². The standard InChI is InChI=1S/C16H22FN3O2.2ClH/c17-13-1-3-14(4-2-13)20-7-5-12(10-20)9-19-16(21)15-11-22-8-6-18-15;;/h1-4,12,15,18H,5-11H2,(H,19,21);2*1H. The molecule has 2 saturated heterocycles. The molecular weight excluding hydrogens is 356 g/mol. The maximum absolute atomic E-state index is 13.0. The molecule has 3 rings (SSSR count). The summed E-state index contributed by atoms with van der Waals surface area (Å²) < 4.78 is 18.3. The lowest BCUT2D eigenvalue weighted by atomic mass is 10.1. The van der Waals surface area contributed by atoms with E-state index in [1.165, 1.54) is 12.1 Å². The van der Waals surface area contributed by atoms with E-state index in [4.69, 9.17) is 4.74 Å². The molecule has 1 amide bonds. The van der Waals surface area contributed by atoms with Gasteiger partial charge in [-0.15, -0.1) is 24.8 Å². The largest absolute Gasteiger partial charge is 0.378 e. The fourth-order valence-corrected chi connectivity index (χ4v) is 2.99. The SMILES string of the molecule is Cl.Cl.O=C(NCC1CCN(c2ccc(F)cc2)C1)C1COCCN1. The summed E-state index contributed by atoms with van der Waals surface area (Å²) in [6.45, 7) is 4.34. The van der Waals surface area contributed by atoms with Crippen LogP contribution in [0.15, 0.2) is 24.3 Å². The summed E-state index contributed by atoms with van der Waals surface area (Å²) >= 11 is 0. The molecular formula is C16H24Cl2FN3O2. The number of halogens is 3. The van der Waals surface area contributed by atoms with Crippen molar-refractivity contribution in [2.75, 3.05) is 44.3 Å². The van der Waals surface area contributed by atoms with Crippen molar-refractivity contribution in [1.29, 1.82) is 0 Å². The first-order chi connectivity index (χ1) is 10.7. The summed E-state index contributed by atoms with van der Waals surface area (Å²) in [4.78, 5) is 14.3. The van der Waals surface area contributed by atoms with Crippen LogP contribution in [0.3, 0.4) is 0 Å². The van der Waals surface area contributed by atoms with Gasteiger partial charge in [0.15, 0.2) is 0 Å². The van der Waals surface area contributed by atoms with Gasteiger partial charge >= 0.3 is 0 Å². The van der Waals surface area contributed by atoms with Crippen molar-refractivity contribution in [3.8, 4) is 0 Å². The number of hydrogen-bond acceptors (Lipinski definition) is 4. The van der Waals surface area contributed by atoms with E-state index in [0.717, 1.165) is 31.7 Å². The number of carbonyl (C=O) groups is 1. The van der Waals surface area contributed by atoms with Gasteiger partial charge in [0, 0.05) is 31.9 Å². The van der Waals surface area contributed by atoms with Gasteiger partial charge in [0.05, 0.1) is 13.2 Å². The lowest BCUT2D eigenvalue weighted by Crippen LogP contribution is -2.52. The molecule has 2 fully saturated rings. The number of nitrogens with one attached hydrogen (secondary N) is 2. The number of rotatable bonds is 4. The highest BCUT2D eigenvalue weighted by molar-refractivity contribution is 5.85. The van der Waals surface area contributed by atoms with E-state index >= 15 is 0 Å². The van der Waals surface area contributed by atoms with Gasteiger partial charge in [-0.2, -0.15) is 0 Å². The molecule has 8 heteroatoms. The Hall–Kier alpha value is -1.08. The van der Waals surface area contributed by atoms with Gasteiger partial charge in [-0.1, -0.05) is 0 Å². The maximum atomic E-state index is 13.0. The zero-order valence-electron chi connectivity index (χ0n) is 13.4. The molecule has 24 heavy (non-hydrogen) atoms.